The number of hydrogen-bond acceptors (Lipinski definition) is 5. The van der Waals surface area contributed by atoms with Gasteiger partial charge < -0.3 is 10.6 Å². The van der Waals surface area contributed by atoms with Crippen LogP contribution in [0.25, 0.3) is 0 Å². The number of rotatable bonds is 6. The molecule has 0 aromatic heterocycles. The van der Waals surface area contributed by atoms with Crippen LogP contribution >= 0.6 is 11.8 Å². The number of amides is 2. The average Bonchev–Trinajstić information content (AvgIpc) is 2.68. The number of benzene rings is 2. The van der Waals surface area contributed by atoms with Gasteiger partial charge in [0.1, 0.15) is 5.82 Å². The van der Waals surface area contributed by atoms with Crippen molar-refractivity contribution in [3.63, 3.8) is 0 Å². The van der Waals surface area contributed by atoms with Crippen molar-refractivity contribution in [2.24, 2.45) is 0 Å². The van der Waals surface area contributed by atoms with Gasteiger partial charge in [0.25, 0.3) is 0 Å². The van der Waals surface area contributed by atoms with Crippen molar-refractivity contribution in [2.45, 2.75) is 42.1 Å². The Bertz CT molecular complexity index is 1060. The van der Waals surface area contributed by atoms with Gasteiger partial charge in [-0.3, -0.25) is 9.59 Å². The van der Waals surface area contributed by atoms with Crippen LogP contribution in [-0.4, -0.2) is 32.0 Å². The number of carbonyl (C=O) groups is 2. The van der Waals surface area contributed by atoms with Gasteiger partial charge in [-0.05, 0) is 61.4 Å². The zero-order valence-electron chi connectivity index (χ0n) is 16.4. The van der Waals surface area contributed by atoms with E-state index in [4.69, 9.17) is 0 Å². The van der Waals surface area contributed by atoms with E-state index in [2.05, 4.69) is 15.4 Å². The normalized spacial score (nSPS) is 17.0. The van der Waals surface area contributed by atoms with Gasteiger partial charge in [0, 0.05) is 23.3 Å². The maximum Gasteiger partial charge on any atom is 0.241 e. The number of thioether (sulfide) groups is 1. The van der Waals surface area contributed by atoms with E-state index < -0.39 is 22.0 Å². The van der Waals surface area contributed by atoms with E-state index in [1.165, 1.54) is 50.2 Å². The van der Waals surface area contributed by atoms with E-state index in [1.54, 1.807) is 17.8 Å². The predicted molar refractivity (Wildman–Crippen MR) is 113 cm³/mol. The van der Waals surface area contributed by atoms with Crippen LogP contribution in [0.4, 0.5) is 10.1 Å². The van der Waals surface area contributed by atoms with Crippen molar-refractivity contribution in [1.82, 2.24) is 10.0 Å². The summed E-state index contributed by atoms with van der Waals surface area (Å²) in [6.45, 7) is 2.80. The van der Waals surface area contributed by atoms with Gasteiger partial charge in [-0.2, -0.15) is 4.72 Å². The number of anilines is 1. The zero-order valence-corrected chi connectivity index (χ0v) is 18.1. The second kappa shape index (κ2) is 9.15. The van der Waals surface area contributed by atoms with E-state index in [1.807, 2.05) is 0 Å². The van der Waals surface area contributed by atoms with E-state index in [0.717, 1.165) is 10.6 Å². The number of halogens is 1. The molecule has 10 heteroatoms. The predicted octanol–water partition coefficient (Wildman–Crippen LogP) is 2.80. The summed E-state index contributed by atoms with van der Waals surface area (Å²) in [6.07, 6.45) is 0.622. The summed E-state index contributed by atoms with van der Waals surface area (Å²) in [5.74, 6) is -0.381. The molecule has 1 aliphatic heterocycles. The third kappa shape index (κ3) is 5.38. The quantitative estimate of drug-likeness (QED) is 0.627. The SMILES string of the molecule is CC(=O)Nc1ccc(S(=O)(=O)N[C@@H](C)C(=O)NC2CCSc3ccc(F)cc32)cc1. The lowest BCUT2D eigenvalue weighted by Crippen LogP contribution is -2.46. The highest BCUT2D eigenvalue weighted by atomic mass is 32.2. The highest BCUT2D eigenvalue weighted by molar-refractivity contribution is 7.99. The second-order valence-corrected chi connectivity index (χ2v) is 9.78. The summed E-state index contributed by atoms with van der Waals surface area (Å²) in [7, 11) is -3.95. The van der Waals surface area contributed by atoms with Crippen LogP contribution in [0, 0.1) is 5.82 Å². The summed E-state index contributed by atoms with van der Waals surface area (Å²) in [6, 6.07) is 8.67. The molecule has 0 spiro atoms. The topological polar surface area (TPSA) is 104 Å². The summed E-state index contributed by atoms with van der Waals surface area (Å²) < 4.78 is 41.2. The lowest BCUT2D eigenvalue weighted by molar-refractivity contribution is -0.123. The monoisotopic (exact) mass is 451 g/mol. The van der Waals surface area contributed by atoms with Crippen molar-refractivity contribution in [3.8, 4) is 0 Å². The molecule has 3 N–H and O–H groups in total. The van der Waals surface area contributed by atoms with E-state index in [9.17, 15) is 22.4 Å². The van der Waals surface area contributed by atoms with Gasteiger partial charge in [0.05, 0.1) is 17.0 Å². The van der Waals surface area contributed by atoms with Gasteiger partial charge in [0.15, 0.2) is 0 Å². The number of fused-ring (bicyclic) bond motifs is 1. The Morgan fingerprint density at radius 2 is 1.87 bits per heavy atom. The number of carbonyl (C=O) groups excluding carboxylic acids is 2. The molecule has 2 aromatic rings. The Morgan fingerprint density at radius 3 is 2.53 bits per heavy atom. The third-order valence-corrected chi connectivity index (χ3v) is 7.22. The highest BCUT2D eigenvalue weighted by Crippen LogP contribution is 2.36. The third-order valence-electron chi connectivity index (χ3n) is 4.54. The van der Waals surface area contributed by atoms with Crippen molar-refractivity contribution < 1.29 is 22.4 Å². The lowest BCUT2D eigenvalue weighted by atomic mass is 10.0. The molecule has 0 fully saturated rings. The molecule has 2 aromatic carbocycles. The standard InChI is InChI=1S/C20H22FN3O4S2/c1-12(24-30(27,28)16-6-4-15(5-7-16)22-13(2)25)20(26)23-18-9-10-29-19-8-3-14(21)11-17(18)19/h3-8,11-12,18,24H,9-10H2,1-2H3,(H,22,25)(H,23,26)/t12-,18?/m0/s1. The molecule has 0 bridgehead atoms. The first kappa shape index (κ1) is 22.3. The molecule has 0 saturated carbocycles. The summed E-state index contributed by atoms with van der Waals surface area (Å²) in [5, 5.41) is 5.37. The summed E-state index contributed by atoms with van der Waals surface area (Å²) in [5.41, 5.74) is 1.16. The largest absolute Gasteiger partial charge is 0.348 e. The smallest absolute Gasteiger partial charge is 0.241 e. The molecular weight excluding hydrogens is 429 g/mol. The van der Waals surface area contributed by atoms with Crippen molar-refractivity contribution >= 4 is 39.3 Å². The molecule has 1 unspecified atom stereocenters. The van der Waals surface area contributed by atoms with Crippen LogP contribution in [-0.2, 0) is 19.6 Å². The molecule has 160 valence electrons. The maximum atomic E-state index is 13.6. The van der Waals surface area contributed by atoms with E-state index in [-0.39, 0.29) is 22.7 Å². The van der Waals surface area contributed by atoms with Crippen LogP contribution in [0.2, 0.25) is 0 Å². The number of hydrogen-bond donors (Lipinski definition) is 3. The summed E-state index contributed by atoms with van der Waals surface area (Å²) >= 11 is 1.59. The van der Waals surface area contributed by atoms with Gasteiger partial charge in [0.2, 0.25) is 21.8 Å². The van der Waals surface area contributed by atoms with Gasteiger partial charge in [-0.15, -0.1) is 11.8 Å². The average molecular weight is 452 g/mol. The minimum absolute atomic E-state index is 0.0299. The first-order valence-electron chi connectivity index (χ1n) is 9.28. The fourth-order valence-electron chi connectivity index (χ4n) is 3.09. The maximum absolute atomic E-state index is 13.6. The summed E-state index contributed by atoms with van der Waals surface area (Å²) in [4.78, 5) is 24.5. The Kier molecular flexibility index (Phi) is 6.79. The van der Waals surface area contributed by atoms with Crippen LogP contribution in [0.5, 0.6) is 0 Å². The molecule has 1 heterocycles. The fourth-order valence-corrected chi connectivity index (χ4v) is 5.40. The first-order valence-corrected chi connectivity index (χ1v) is 11.8. The molecule has 3 rings (SSSR count). The van der Waals surface area contributed by atoms with Gasteiger partial charge in [-0.1, -0.05) is 0 Å². The minimum Gasteiger partial charge on any atom is -0.348 e. The second-order valence-electron chi connectivity index (χ2n) is 6.93. The van der Waals surface area contributed by atoms with Gasteiger partial charge in [-0.25, -0.2) is 12.8 Å². The molecule has 7 nitrogen and oxygen atoms in total. The van der Waals surface area contributed by atoms with Crippen LogP contribution in [0.3, 0.4) is 0 Å². The zero-order chi connectivity index (χ0) is 21.9. The molecular formula is C20H22FN3O4S2. The van der Waals surface area contributed by atoms with Crippen LogP contribution in [0.15, 0.2) is 52.3 Å². The molecule has 2 atom stereocenters. The molecule has 2 amide bonds. The van der Waals surface area contributed by atoms with Gasteiger partial charge >= 0.3 is 0 Å². The Morgan fingerprint density at radius 1 is 1.17 bits per heavy atom. The molecule has 30 heavy (non-hydrogen) atoms. The number of sulfonamides is 1. The molecule has 1 aliphatic rings. The molecule has 0 radical (unpaired) electrons. The van der Waals surface area contributed by atoms with E-state index in [0.29, 0.717) is 17.7 Å². The Labute approximate surface area is 178 Å². The lowest BCUT2D eigenvalue weighted by Gasteiger charge is -2.27. The van der Waals surface area contributed by atoms with Crippen molar-refractivity contribution in [2.75, 3.05) is 11.1 Å². The van der Waals surface area contributed by atoms with E-state index >= 15 is 0 Å². The highest BCUT2D eigenvalue weighted by Gasteiger charge is 2.27. The Hall–Kier alpha value is -2.43. The molecule has 0 saturated heterocycles. The van der Waals surface area contributed by atoms with Crippen molar-refractivity contribution in [1.29, 1.82) is 0 Å². The Balaban J connectivity index is 1.67. The van der Waals surface area contributed by atoms with Crippen LogP contribution < -0.4 is 15.4 Å². The van der Waals surface area contributed by atoms with Crippen molar-refractivity contribution in [3.05, 3.63) is 53.8 Å². The first-order chi connectivity index (χ1) is 14.2. The minimum atomic E-state index is -3.95. The molecule has 0 aliphatic carbocycles. The fraction of sp³-hybridized carbons (Fsp3) is 0.300. The number of nitrogens with one attached hydrogen (secondary N) is 3. The van der Waals surface area contributed by atoms with Crippen LogP contribution in [0.1, 0.15) is 31.9 Å².